The lowest BCUT2D eigenvalue weighted by atomic mass is 9.68. The molecule has 2 N–H and O–H groups in total. The van der Waals surface area contributed by atoms with Crippen LogP contribution < -0.4 is 49.9 Å². The minimum absolute atomic E-state index is 0. The lowest BCUT2D eigenvalue weighted by Crippen LogP contribution is -3.00. The van der Waals surface area contributed by atoms with E-state index in [2.05, 4.69) is 88.2 Å². The third kappa shape index (κ3) is 23.2. The summed E-state index contributed by atoms with van der Waals surface area (Å²) >= 11 is 0. The molecule has 3 aliphatic heterocycles. The van der Waals surface area contributed by atoms with Crippen molar-refractivity contribution in [2.75, 3.05) is 55.0 Å². The summed E-state index contributed by atoms with van der Waals surface area (Å²) < 4.78 is 34.8. The van der Waals surface area contributed by atoms with Crippen molar-refractivity contribution in [1.29, 1.82) is 0 Å². The maximum Gasteiger partial charge on any atom is 0.338 e. The Morgan fingerprint density at radius 2 is 0.889 bits per heavy atom. The first kappa shape index (κ1) is 84.2. The molecule has 3 heterocycles. The molecular weight excluding hydrogens is 1440 g/mol. The van der Waals surface area contributed by atoms with Crippen LogP contribution in [0, 0.1) is 16.2 Å². The van der Waals surface area contributed by atoms with Gasteiger partial charge in [-0.1, -0.05) is 65.3 Å². The lowest BCUT2D eigenvalue weighted by Gasteiger charge is -2.37. The van der Waals surface area contributed by atoms with Crippen LogP contribution in [0.4, 0.5) is 11.4 Å². The number of rotatable bonds is 23. The van der Waals surface area contributed by atoms with Crippen LogP contribution in [0.2, 0.25) is 0 Å². The smallest absolute Gasteiger partial charge is 0.338 e. The van der Waals surface area contributed by atoms with Gasteiger partial charge in [0.15, 0.2) is 11.6 Å². The van der Waals surface area contributed by atoms with Crippen LogP contribution in [0.3, 0.4) is 0 Å². The number of nitrogens with zero attached hydrogens (tertiary/aromatic N) is 2. The highest BCUT2D eigenvalue weighted by atomic mass is 127. The number of carbonyl (C=O) groups is 8. The van der Waals surface area contributed by atoms with E-state index in [1.807, 2.05) is 81.5 Å². The summed E-state index contributed by atoms with van der Waals surface area (Å²) in [6.45, 7) is 23.9. The van der Waals surface area contributed by atoms with E-state index in [0.29, 0.717) is 44.9 Å². The minimum atomic E-state index is -1.05. The molecule has 3 saturated heterocycles. The monoisotopic (exact) mass is 1540 g/mol. The van der Waals surface area contributed by atoms with Gasteiger partial charge in [-0.3, -0.25) is 37.7 Å². The summed E-state index contributed by atoms with van der Waals surface area (Å²) in [7, 11) is 10.3. The Morgan fingerprint density at radius 1 is 0.535 bits per heavy atom. The fourth-order valence-corrected chi connectivity index (χ4v) is 12.8. The SMILES string of the molecule is C=C1C=C[C@@H](OC(C)=O)CC12CC(=O)O[C@@H]2/C=C(\C)CCC=C(CO)CO.C=CC[N+](C)(C)c1ccc(C(=O)O[C@@H]2C=CC(=O)C3(CC(=O)O[C@@H]3/C=C(\C)CCC=C(C)C)C2)cc1.CC(C)=CCC/C(C)=C/[C@H]1OC(=O)CC12C[C@H](OC(=O)c1ccc([N+](C)(C)C)cc1)C=CC2=O.[Br-].[I-]. The van der Waals surface area contributed by atoms with Crippen LogP contribution in [0.25, 0.3) is 0 Å². The number of likely N-dealkylation sites (N-methyl/N-ethyl adjacent to an activating group) is 1. The Morgan fingerprint density at radius 3 is 1.26 bits per heavy atom. The molecule has 538 valence electrons. The first-order chi connectivity index (χ1) is 45.7. The van der Waals surface area contributed by atoms with E-state index in [-0.39, 0.29) is 110 Å². The molecule has 0 saturated carbocycles. The van der Waals surface area contributed by atoms with Crippen LogP contribution >= 0.6 is 0 Å². The Hall–Kier alpha value is -7.21. The number of ether oxygens (including phenoxy) is 6. The molecule has 18 nitrogen and oxygen atoms in total. The van der Waals surface area contributed by atoms with Crippen LogP contribution in [0.5, 0.6) is 0 Å². The highest BCUT2D eigenvalue weighted by Crippen LogP contribution is 2.51. The van der Waals surface area contributed by atoms with Gasteiger partial charge in [0.2, 0.25) is 0 Å². The predicted molar refractivity (Wildman–Crippen MR) is 376 cm³/mol. The maximum absolute atomic E-state index is 13.0. The summed E-state index contributed by atoms with van der Waals surface area (Å²) in [6, 6.07) is 14.6. The summed E-state index contributed by atoms with van der Waals surface area (Å²) in [4.78, 5) is 99.7. The van der Waals surface area contributed by atoms with E-state index in [1.165, 1.54) is 30.2 Å². The summed E-state index contributed by atoms with van der Waals surface area (Å²) in [5.41, 5.74) is 7.33. The van der Waals surface area contributed by atoms with Gasteiger partial charge < -0.3 is 79.6 Å². The quantitative estimate of drug-likeness (QED) is 0.0383. The van der Waals surface area contributed by atoms with Gasteiger partial charge >= 0.3 is 35.8 Å². The molecule has 3 unspecified atom stereocenters. The Kier molecular flexibility index (Phi) is 31.9. The van der Waals surface area contributed by atoms with Crippen molar-refractivity contribution in [3.63, 3.8) is 0 Å². The van der Waals surface area contributed by atoms with E-state index in [9.17, 15) is 38.4 Å². The number of esters is 6. The zero-order chi connectivity index (χ0) is 71.6. The molecule has 8 rings (SSSR count). The molecule has 6 aliphatic rings. The van der Waals surface area contributed by atoms with E-state index < -0.39 is 76.7 Å². The molecule has 20 heteroatoms. The minimum Gasteiger partial charge on any atom is -1.00 e. The molecule has 99 heavy (non-hydrogen) atoms. The molecule has 2 aromatic carbocycles. The number of aliphatic hydroxyl groups is 2. The van der Waals surface area contributed by atoms with Gasteiger partial charge in [-0.15, -0.1) is 0 Å². The Balaban J connectivity index is 0.000000315. The molecule has 9 atom stereocenters. The second-order valence-corrected chi connectivity index (χ2v) is 28.4. The van der Waals surface area contributed by atoms with Crippen molar-refractivity contribution in [3.05, 3.63) is 191 Å². The van der Waals surface area contributed by atoms with Crippen molar-refractivity contribution >= 4 is 58.8 Å². The molecule has 3 fully saturated rings. The molecule has 3 spiro atoms. The van der Waals surface area contributed by atoms with E-state index in [0.717, 1.165) is 65.9 Å². The van der Waals surface area contributed by atoms with Crippen LogP contribution in [0.1, 0.15) is 153 Å². The molecule has 0 amide bonds. The molecular formula is C79H102BrIN2O16. The van der Waals surface area contributed by atoms with Gasteiger partial charge in [0.05, 0.1) is 89.7 Å². The first-order valence-electron chi connectivity index (χ1n) is 33.3. The maximum atomic E-state index is 13.0. The van der Waals surface area contributed by atoms with Crippen molar-refractivity contribution in [3.8, 4) is 0 Å². The fourth-order valence-electron chi connectivity index (χ4n) is 12.8. The van der Waals surface area contributed by atoms with Gasteiger partial charge in [0, 0.05) is 31.6 Å². The van der Waals surface area contributed by atoms with E-state index in [4.69, 9.17) is 38.6 Å². The number of carbonyl (C=O) groups excluding carboxylic acids is 8. The number of benzene rings is 2. The molecule has 2 aromatic rings. The highest BCUT2D eigenvalue weighted by molar-refractivity contribution is 6.02. The standard InChI is InChI=1S/C30H38NO5.C28H36NO5.C21H28O6.BrH.HI/c1-7-17-31(5,6)24-13-11-23(12-14-24)29(34)35-25-15-16-26(32)30(19-25)20-28(33)36-27(30)18-22(4)10-8-9-21(2)3;1-19(2)8-7-9-20(3)16-25-28(18-26(31)34-25)17-23(14-15-24(28)30)33-27(32)21-10-12-22(13-11-21)29(4,5)6;1-14(5-4-6-17(12-22)13-23)9-19-21(11-20(25)27-19)10-18(26-16(3)24)8-7-15(21)2;;/h7,9,11-16,18,25,27H,1,8,10,17,19-20H2,2-6H3;8,10-16,23,25H,7,9,17-18H2,1-6H3;6-9,18-19,22-23H,2,4-5,10-13H2,1,3H3;2*1H/q2*+1;;;/p-2/b22-18+;20-16+;14-9+;;/t25-,27-,30?;23-,25-,28?;18-,19-,21?;;/m111../s1. The Labute approximate surface area is 612 Å². The second-order valence-electron chi connectivity index (χ2n) is 28.4. The number of cyclic esters (lactones) is 3. The number of aliphatic hydroxyl groups excluding tert-OH is 2. The third-order valence-corrected chi connectivity index (χ3v) is 18.5. The summed E-state index contributed by atoms with van der Waals surface area (Å²) in [5.74, 6) is -2.70. The zero-order valence-corrected chi connectivity index (χ0v) is 63.6. The molecule has 0 radical (unpaired) electrons. The average molecular weight is 1540 g/mol. The van der Waals surface area contributed by atoms with Crippen LogP contribution in [-0.2, 0) is 57.2 Å². The summed E-state index contributed by atoms with van der Waals surface area (Å²) in [6.07, 6.45) is 25.8. The van der Waals surface area contributed by atoms with Crippen molar-refractivity contribution in [1.82, 2.24) is 8.97 Å². The predicted octanol–water partition coefficient (Wildman–Crippen LogP) is 6.80. The Bertz CT molecular complexity index is 3570. The van der Waals surface area contributed by atoms with Gasteiger partial charge in [0.1, 0.15) is 54.5 Å². The molecule has 3 aliphatic carbocycles. The van der Waals surface area contributed by atoms with Gasteiger partial charge in [0.25, 0.3) is 0 Å². The zero-order valence-electron chi connectivity index (χ0n) is 59.9. The molecule has 0 aromatic heterocycles. The first-order valence-corrected chi connectivity index (χ1v) is 33.3. The summed E-state index contributed by atoms with van der Waals surface area (Å²) in [5, 5.41) is 18.2. The molecule has 0 bridgehead atoms. The number of allylic oxidation sites excluding steroid dienone is 11. The van der Waals surface area contributed by atoms with Crippen LogP contribution in [0.15, 0.2) is 180 Å². The largest absolute Gasteiger partial charge is 1.00 e. The van der Waals surface area contributed by atoms with E-state index >= 15 is 0 Å². The third-order valence-electron chi connectivity index (χ3n) is 18.5. The number of ketones is 2. The second kappa shape index (κ2) is 37.5. The fraction of sp³-hybridized carbons (Fsp3) is 0.468. The highest BCUT2D eigenvalue weighted by Gasteiger charge is 2.57. The number of hydrogen-bond acceptors (Lipinski definition) is 16. The van der Waals surface area contributed by atoms with Gasteiger partial charge in [-0.05, 0) is 201 Å². The number of quaternary nitrogens is 2. The van der Waals surface area contributed by atoms with Gasteiger partial charge in [-0.25, -0.2) is 9.59 Å². The van der Waals surface area contributed by atoms with Crippen molar-refractivity contribution in [2.45, 2.75) is 169 Å². The van der Waals surface area contributed by atoms with Crippen molar-refractivity contribution in [2.24, 2.45) is 16.2 Å². The van der Waals surface area contributed by atoms with Gasteiger partial charge in [-0.2, -0.15) is 0 Å². The normalized spacial score (nSPS) is 24.8. The van der Waals surface area contributed by atoms with Crippen LogP contribution in [-0.4, -0.2) is 149 Å². The number of halogens is 2. The average Bonchev–Trinajstić information content (AvgIpc) is 1.65. The lowest BCUT2D eigenvalue weighted by molar-refractivity contribution is -0.146. The number of hydrogen-bond donors (Lipinski definition) is 2. The van der Waals surface area contributed by atoms with E-state index in [1.54, 1.807) is 42.5 Å². The topological polar surface area (TPSA) is 232 Å². The van der Waals surface area contributed by atoms with Crippen molar-refractivity contribution < 1.29 is 118 Å².